The summed E-state index contributed by atoms with van der Waals surface area (Å²) < 4.78 is 7.11. The van der Waals surface area contributed by atoms with Gasteiger partial charge >= 0.3 is 11.7 Å². The minimum Gasteiger partial charge on any atom is -0.464 e. The van der Waals surface area contributed by atoms with Gasteiger partial charge in [-0.25, -0.2) is 4.79 Å². The highest BCUT2D eigenvalue weighted by Gasteiger charge is 2.30. The van der Waals surface area contributed by atoms with Crippen molar-refractivity contribution in [3.8, 4) is 0 Å². The summed E-state index contributed by atoms with van der Waals surface area (Å²) in [7, 11) is 4.22. The van der Waals surface area contributed by atoms with Gasteiger partial charge in [0.15, 0.2) is 5.69 Å². The van der Waals surface area contributed by atoms with Crippen LogP contribution in [0.25, 0.3) is 0 Å². The SMILES string of the molecule is COC(=O)c1nn(C)cc1NC(=O)c1nn(C)c(C)c1[N+](=O)[O-]. The third-order valence-electron chi connectivity index (χ3n) is 3.16. The summed E-state index contributed by atoms with van der Waals surface area (Å²) in [6, 6.07) is 0. The van der Waals surface area contributed by atoms with Gasteiger partial charge in [-0.1, -0.05) is 0 Å². The summed E-state index contributed by atoms with van der Waals surface area (Å²) in [5.74, 6) is -1.56. The number of carbonyl (C=O) groups is 2. The molecule has 122 valence electrons. The lowest BCUT2D eigenvalue weighted by atomic mass is 10.2. The van der Waals surface area contributed by atoms with Gasteiger partial charge in [-0.2, -0.15) is 10.2 Å². The van der Waals surface area contributed by atoms with Crippen molar-refractivity contribution in [2.45, 2.75) is 6.92 Å². The van der Waals surface area contributed by atoms with Crippen LogP contribution in [0.3, 0.4) is 0 Å². The smallest absolute Gasteiger partial charge is 0.360 e. The Kier molecular flexibility index (Phi) is 4.12. The molecular weight excluding hydrogens is 308 g/mol. The maximum Gasteiger partial charge on any atom is 0.360 e. The standard InChI is InChI=1S/C12H14N6O5/c1-6-10(18(21)22)9(15-17(6)3)11(19)13-7-5-16(2)14-8(7)12(20)23-4/h5H,1-4H3,(H,13,19). The average molecular weight is 322 g/mol. The first-order chi connectivity index (χ1) is 10.8. The predicted octanol–water partition coefficient (Wildman–Crippen LogP) is 0.409. The second-order valence-electron chi connectivity index (χ2n) is 4.67. The van der Waals surface area contributed by atoms with E-state index in [2.05, 4.69) is 20.3 Å². The lowest BCUT2D eigenvalue weighted by Crippen LogP contribution is -2.16. The van der Waals surface area contributed by atoms with E-state index >= 15 is 0 Å². The molecular formula is C12H14N6O5. The maximum atomic E-state index is 12.3. The molecule has 0 aliphatic heterocycles. The molecule has 2 aromatic rings. The van der Waals surface area contributed by atoms with Crippen LogP contribution < -0.4 is 5.32 Å². The van der Waals surface area contributed by atoms with E-state index in [9.17, 15) is 19.7 Å². The highest BCUT2D eigenvalue weighted by Crippen LogP contribution is 2.24. The van der Waals surface area contributed by atoms with Crippen molar-refractivity contribution in [2.24, 2.45) is 14.1 Å². The Morgan fingerprint density at radius 3 is 2.52 bits per heavy atom. The number of hydrogen-bond donors (Lipinski definition) is 1. The number of nitrogens with one attached hydrogen (secondary N) is 1. The number of aryl methyl sites for hydroxylation is 2. The number of ether oxygens (including phenoxy) is 1. The second kappa shape index (κ2) is 5.87. The quantitative estimate of drug-likeness (QED) is 0.489. The molecule has 2 heterocycles. The lowest BCUT2D eigenvalue weighted by molar-refractivity contribution is -0.385. The van der Waals surface area contributed by atoms with Crippen LogP contribution in [0.1, 0.15) is 26.7 Å². The maximum absolute atomic E-state index is 12.3. The fourth-order valence-corrected chi connectivity index (χ4v) is 1.98. The number of anilines is 1. The minimum atomic E-state index is -0.821. The average Bonchev–Trinajstić information content (AvgIpc) is 2.99. The van der Waals surface area contributed by atoms with Crippen molar-refractivity contribution in [3.63, 3.8) is 0 Å². The zero-order chi connectivity index (χ0) is 17.3. The molecule has 2 aromatic heterocycles. The summed E-state index contributed by atoms with van der Waals surface area (Å²) in [4.78, 5) is 34.4. The van der Waals surface area contributed by atoms with E-state index in [1.54, 1.807) is 7.05 Å². The Morgan fingerprint density at radius 2 is 1.96 bits per heavy atom. The molecule has 0 atom stereocenters. The first kappa shape index (κ1) is 16.1. The number of carbonyl (C=O) groups excluding carboxylic acids is 2. The highest BCUT2D eigenvalue weighted by molar-refractivity contribution is 6.08. The van der Waals surface area contributed by atoms with Crippen molar-refractivity contribution in [1.82, 2.24) is 19.6 Å². The fraction of sp³-hybridized carbons (Fsp3) is 0.333. The molecule has 1 N–H and O–H groups in total. The van der Waals surface area contributed by atoms with E-state index in [-0.39, 0.29) is 22.8 Å². The number of aromatic nitrogens is 4. The molecule has 0 spiro atoms. The predicted molar refractivity (Wildman–Crippen MR) is 77.1 cm³/mol. The van der Waals surface area contributed by atoms with E-state index in [1.807, 2.05) is 0 Å². The van der Waals surface area contributed by atoms with E-state index in [1.165, 1.54) is 36.6 Å². The van der Waals surface area contributed by atoms with Crippen LogP contribution in [-0.2, 0) is 18.8 Å². The van der Waals surface area contributed by atoms with Crippen molar-refractivity contribution in [3.05, 3.63) is 33.4 Å². The normalized spacial score (nSPS) is 10.4. The largest absolute Gasteiger partial charge is 0.464 e. The number of methoxy groups -OCH3 is 1. The summed E-state index contributed by atoms with van der Waals surface area (Å²) in [5, 5.41) is 21.2. The number of nitro groups is 1. The van der Waals surface area contributed by atoms with E-state index in [0.29, 0.717) is 0 Å². The third-order valence-corrected chi connectivity index (χ3v) is 3.16. The summed E-state index contributed by atoms with van der Waals surface area (Å²) >= 11 is 0. The van der Waals surface area contributed by atoms with Crippen molar-refractivity contribution >= 4 is 23.3 Å². The van der Waals surface area contributed by atoms with Crippen LogP contribution in [0.5, 0.6) is 0 Å². The van der Waals surface area contributed by atoms with Crippen molar-refractivity contribution < 1.29 is 19.2 Å². The molecule has 0 saturated heterocycles. The van der Waals surface area contributed by atoms with Crippen LogP contribution in [0, 0.1) is 17.0 Å². The molecule has 0 unspecified atom stereocenters. The number of amides is 1. The molecule has 0 saturated carbocycles. The first-order valence-corrected chi connectivity index (χ1v) is 6.37. The Bertz CT molecular complexity index is 805. The molecule has 1 amide bonds. The van der Waals surface area contributed by atoms with Crippen molar-refractivity contribution in [2.75, 3.05) is 12.4 Å². The summed E-state index contributed by atoms with van der Waals surface area (Å²) in [6.07, 6.45) is 1.38. The molecule has 11 heteroatoms. The topological polar surface area (TPSA) is 134 Å². The van der Waals surface area contributed by atoms with Gasteiger partial charge in [-0.3, -0.25) is 24.3 Å². The summed E-state index contributed by atoms with van der Waals surface area (Å²) in [6.45, 7) is 1.48. The van der Waals surface area contributed by atoms with Gasteiger partial charge in [0.05, 0.1) is 17.7 Å². The van der Waals surface area contributed by atoms with Gasteiger partial charge < -0.3 is 10.1 Å². The highest BCUT2D eigenvalue weighted by atomic mass is 16.6. The Morgan fingerprint density at radius 1 is 1.30 bits per heavy atom. The Hall–Kier alpha value is -3.24. The Labute approximate surface area is 130 Å². The number of hydrogen-bond acceptors (Lipinski definition) is 7. The van der Waals surface area contributed by atoms with E-state index in [4.69, 9.17) is 0 Å². The van der Waals surface area contributed by atoms with Crippen molar-refractivity contribution in [1.29, 1.82) is 0 Å². The Balaban J connectivity index is 2.40. The monoisotopic (exact) mass is 322 g/mol. The van der Waals surface area contributed by atoms with Crippen LogP contribution in [0.15, 0.2) is 6.20 Å². The molecule has 11 nitrogen and oxygen atoms in total. The summed E-state index contributed by atoms with van der Waals surface area (Å²) in [5.41, 5.74) is -0.552. The zero-order valence-corrected chi connectivity index (χ0v) is 12.9. The molecule has 0 aliphatic rings. The van der Waals surface area contributed by atoms with Crippen LogP contribution in [0.2, 0.25) is 0 Å². The molecule has 0 bridgehead atoms. The third kappa shape index (κ3) is 2.88. The second-order valence-corrected chi connectivity index (χ2v) is 4.67. The number of esters is 1. The minimum absolute atomic E-state index is 0.0713. The van der Waals surface area contributed by atoms with Crippen LogP contribution >= 0.6 is 0 Å². The number of rotatable bonds is 4. The van der Waals surface area contributed by atoms with Gasteiger partial charge in [0.1, 0.15) is 5.69 Å². The van der Waals surface area contributed by atoms with E-state index in [0.717, 1.165) is 0 Å². The van der Waals surface area contributed by atoms with Gasteiger partial charge in [0.2, 0.25) is 5.69 Å². The van der Waals surface area contributed by atoms with E-state index < -0.39 is 22.5 Å². The molecule has 0 aromatic carbocycles. The zero-order valence-electron chi connectivity index (χ0n) is 12.9. The van der Waals surface area contributed by atoms with Crippen LogP contribution in [-0.4, -0.2) is 43.5 Å². The molecule has 0 fully saturated rings. The molecule has 0 aliphatic carbocycles. The number of nitrogens with zero attached hydrogens (tertiary/aromatic N) is 5. The first-order valence-electron chi connectivity index (χ1n) is 6.37. The van der Waals surface area contributed by atoms with Gasteiger partial charge in [-0.15, -0.1) is 0 Å². The fourth-order valence-electron chi connectivity index (χ4n) is 1.98. The molecule has 2 rings (SSSR count). The molecule has 23 heavy (non-hydrogen) atoms. The van der Waals surface area contributed by atoms with Gasteiger partial charge in [0, 0.05) is 20.3 Å². The molecule has 0 radical (unpaired) electrons. The van der Waals surface area contributed by atoms with Gasteiger partial charge in [-0.05, 0) is 6.92 Å². The van der Waals surface area contributed by atoms with Crippen LogP contribution in [0.4, 0.5) is 11.4 Å². The van der Waals surface area contributed by atoms with Gasteiger partial charge in [0.25, 0.3) is 5.91 Å². The lowest BCUT2D eigenvalue weighted by Gasteiger charge is -2.02.